The summed E-state index contributed by atoms with van der Waals surface area (Å²) in [5.74, 6) is 0. The summed E-state index contributed by atoms with van der Waals surface area (Å²) in [6, 6.07) is 0.139. The topological polar surface area (TPSA) is 23.6 Å². The fourth-order valence-electron chi connectivity index (χ4n) is 1.52. The Morgan fingerprint density at radius 3 is 3.00 bits per heavy atom. The molecule has 0 bridgehead atoms. The Hall–Kier alpha value is -0.410. The molecule has 1 heterocycles. The van der Waals surface area contributed by atoms with Gasteiger partial charge in [-0.15, -0.1) is 0 Å². The van der Waals surface area contributed by atoms with E-state index in [0.717, 1.165) is 32.2 Å². The molecule has 0 spiro atoms. The molecule has 3 heteroatoms. The van der Waals surface area contributed by atoms with Gasteiger partial charge in [-0.05, 0) is 12.8 Å². The minimum Gasteiger partial charge on any atom is -0.302 e. The molecule has 0 aromatic carbocycles. The van der Waals surface area contributed by atoms with Crippen LogP contribution in [0.25, 0.3) is 0 Å². The third-order valence-electron chi connectivity index (χ3n) is 2.32. The fraction of sp³-hybridized carbons (Fsp3) is 0.875. The summed E-state index contributed by atoms with van der Waals surface area (Å²) in [6.45, 7) is 4.11. The summed E-state index contributed by atoms with van der Waals surface area (Å²) in [4.78, 5) is 10.6. The first-order chi connectivity index (χ1) is 5.29. The van der Waals surface area contributed by atoms with Crippen LogP contribution in [0.3, 0.4) is 0 Å². The third kappa shape index (κ3) is 1.79. The van der Waals surface area contributed by atoms with Crippen molar-refractivity contribution in [2.24, 2.45) is 0 Å². The predicted octanol–water partition coefficient (Wildman–Crippen LogP) is 0.516. The van der Waals surface area contributed by atoms with Crippen LogP contribution < -0.4 is 0 Å². The summed E-state index contributed by atoms with van der Waals surface area (Å²) in [5.41, 5.74) is 0. The maximum absolute atomic E-state index is 10.6. The molecule has 0 aromatic heterocycles. The van der Waals surface area contributed by atoms with E-state index in [1.807, 2.05) is 7.05 Å². The second-order valence-electron chi connectivity index (χ2n) is 2.98. The van der Waals surface area contributed by atoms with Crippen molar-refractivity contribution >= 4 is 6.29 Å². The number of hydrazine groups is 1. The largest absolute Gasteiger partial charge is 0.302 e. The molecule has 1 fully saturated rings. The standard InChI is InChI=1S/C8H16N2O/c1-3-9(2)10-6-4-5-8(10)7-11/h7-8H,3-6H2,1-2H3/t8-/m0/s1. The number of carbonyl (C=O) groups is 1. The van der Waals surface area contributed by atoms with E-state index in [1.165, 1.54) is 0 Å². The zero-order valence-electron chi connectivity index (χ0n) is 7.29. The highest BCUT2D eigenvalue weighted by Crippen LogP contribution is 2.16. The molecule has 0 aromatic rings. The van der Waals surface area contributed by atoms with Crippen LogP contribution in [0.2, 0.25) is 0 Å². The fourth-order valence-corrected chi connectivity index (χ4v) is 1.52. The zero-order valence-corrected chi connectivity index (χ0v) is 7.29. The van der Waals surface area contributed by atoms with Gasteiger partial charge in [0.25, 0.3) is 0 Å². The van der Waals surface area contributed by atoms with Crippen molar-refractivity contribution in [3.05, 3.63) is 0 Å². The van der Waals surface area contributed by atoms with Crippen LogP contribution >= 0.6 is 0 Å². The first kappa shape index (κ1) is 8.68. The van der Waals surface area contributed by atoms with Gasteiger partial charge >= 0.3 is 0 Å². The van der Waals surface area contributed by atoms with Gasteiger partial charge in [0.1, 0.15) is 6.29 Å². The molecule has 1 aliphatic heterocycles. The number of hydrogen-bond acceptors (Lipinski definition) is 3. The van der Waals surface area contributed by atoms with E-state index in [0.29, 0.717) is 0 Å². The monoisotopic (exact) mass is 156 g/mol. The minimum absolute atomic E-state index is 0.139. The Morgan fingerprint density at radius 2 is 2.45 bits per heavy atom. The molecule has 1 atom stereocenters. The number of carbonyl (C=O) groups excluding carboxylic acids is 1. The summed E-state index contributed by atoms with van der Waals surface area (Å²) in [7, 11) is 2.03. The van der Waals surface area contributed by atoms with Gasteiger partial charge in [-0.3, -0.25) is 0 Å². The van der Waals surface area contributed by atoms with Crippen LogP contribution in [0.1, 0.15) is 19.8 Å². The van der Waals surface area contributed by atoms with Crippen molar-refractivity contribution in [1.82, 2.24) is 10.0 Å². The highest BCUT2D eigenvalue weighted by molar-refractivity contribution is 5.57. The molecule has 0 N–H and O–H groups in total. The third-order valence-corrected chi connectivity index (χ3v) is 2.32. The molecule has 11 heavy (non-hydrogen) atoms. The summed E-state index contributed by atoms with van der Waals surface area (Å²) in [6.07, 6.45) is 3.22. The van der Waals surface area contributed by atoms with Crippen molar-refractivity contribution in [2.45, 2.75) is 25.8 Å². The van der Waals surface area contributed by atoms with E-state index in [2.05, 4.69) is 16.9 Å². The number of rotatable bonds is 3. The van der Waals surface area contributed by atoms with Crippen LogP contribution in [0.5, 0.6) is 0 Å². The van der Waals surface area contributed by atoms with Crippen LogP contribution in [-0.4, -0.2) is 42.5 Å². The lowest BCUT2D eigenvalue weighted by Gasteiger charge is -2.29. The predicted molar refractivity (Wildman–Crippen MR) is 44.1 cm³/mol. The van der Waals surface area contributed by atoms with Crippen molar-refractivity contribution < 1.29 is 4.79 Å². The molecular formula is C8H16N2O. The van der Waals surface area contributed by atoms with Gasteiger partial charge in [0.05, 0.1) is 6.04 Å². The van der Waals surface area contributed by atoms with Gasteiger partial charge in [-0.25, -0.2) is 10.0 Å². The van der Waals surface area contributed by atoms with Crippen LogP contribution in [-0.2, 0) is 4.79 Å². The lowest BCUT2D eigenvalue weighted by molar-refractivity contribution is -0.117. The van der Waals surface area contributed by atoms with Crippen molar-refractivity contribution in [1.29, 1.82) is 0 Å². The molecule has 64 valence electrons. The van der Waals surface area contributed by atoms with E-state index in [4.69, 9.17) is 0 Å². The first-order valence-corrected chi connectivity index (χ1v) is 4.22. The Morgan fingerprint density at radius 1 is 1.73 bits per heavy atom. The zero-order chi connectivity index (χ0) is 8.27. The van der Waals surface area contributed by atoms with Gasteiger partial charge in [-0.1, -0.05) is 6.92 Å². The quantitative estimate of drug-likeness (QED) is 0.556. The van der Waals surface area contributed by atoms with E-state index in [-0.39, 0.29) is 6.04 Å². The smallest absolute Gasteiger partial charge is 0.138 e. The lowest BCUT2D eigenvalue weighted by Crippen LogP contribution is -2.43. The maximum Gasteiger partial charge on any atom is 0.138 e. The summed E-state index contributed by atoms with van der Waals surface area (Å²) >= 11 is 0. The van der Waals surface area contributed by atoms with Crippen LogP contribution in [0.4, 0.5) is 0 Å². The normalized spacial score (nSPS) is 26.3. The molecule has 0 unspecified atom stereocenters. The molecule has 0 saturated carbocycles. The summed E-state index contributed by atoms with van der Waals surface area (Å²) < 4.78 is 0. The Labute approximate surface area is 67.9 Å². The van der Waals surface area contributed by atoms with Crippen molar-refractivity contribution in [3.63, 3.8) is 0 Å². The van der Waals surface area contributed by atoms with Gasteiger partial charge < -0.3 is 4.79 Å². The molecule has 1 saturated heterocycles. The maximum atomic E-state index is 10.6. The van der Waals surface area contributed by atoms with Gasteiger partial charge in [0, 0.05) is 20.1 Å². The highest BCUT2D eigenvalue weighted by atomic mass is 16.1. The first-order valence-electron chi connectivity index (χ1n) is 4.22. The average molecular weight is 156 g/mol. The van der Waals surface area contributed by atoms with Gasteiger partial charge in [-0.2, -0.15) is 0 Å². The van der Waals surface area contributed by atoms with E-state index in [1.54, 1.807) is 0 Å². The lowest BCUT2D eigenvalue weighted by atomic mass is 10.2. The van der Waals surface area contributed by atoms with Crippen LogP contribution in [0, 0.1) is 0 Å². The van der Waals surface area contributed by atoms with Gasteiger partial charge in [0.15, 0.2) is 0 Å². The van der Waals surface area contributed by atoms with Crippen molar-refractivity contribution in [3.8, 4) is 0 Å². The van der Waals surface area contributed by atoms with Crippen LogP contribution in [0.15, 0.2) is 0 Å². The molecule has 0 amide bonds. The number of nitrogens with zero attached hydrogens (tertiary/aromatic N) is 2. The van der Waals surface area contributed by atoms with E-state index < -0.39 is 0 Å². The van der Waals surface area contributed by atoms with Gasteiger partial charge in [0.2, 0.25) is 0 Å². The Balaban J connectivity index is 2.48. The molecular weight excluding hydrogens is 140 g/mol. The van der Waals surface area contributed by atoms with Crippen molar-refractivity contribution in [2.75, 3.05) is 20.1 Å². The Bertz CT molecular complexity index is 138. The summed E-state index contributed by atoms with van der Waals surface area (Å²) in [5, 5.41) is 4.26. The van der Waals surface area contributed by atoms with E-state index in [9.17, 15) is 4.79 Å². The minimum atomic E-state index is 0.139. The molecule has 0 aliphatic carbocycles. The number of hydrogen-bond donors (Lipinski definition) is 0. The SMILES string of the molecule is CCN(C)N1CCC[C@H]1C=O. The van der Waals surface area contributed by atoms with E-state index >= 15 is 0 Å². The second-order valence-corrected chi connectivity index (χ2v) is 2.98. The molecule has 1 rings (SSSR count). The Kier molecular flexibility index (Phi) is 3.02. The second kappa shape index (κ2) is 3.83. The number of aldehydes is 1. The molecule has 3 nitrogen and oxygen atoms in total. The average Bonchev–Trinajstić information content (AvgIpc) is 2.50. The molecule has 1 aliphatic rings. The molecule has 0 radical (unpaired) electrons. The highest BCUT2D eigenvalue weighted by Gasteiger charge is 2.25.